The molecule has 0 amide bonds. The van der Waals surface area contributed by atoms with Crippen LogP contribution in [0.1, 0.15) is 5.56 Å². The number of benzene rings is 1. The van der Waals surface area contributed by atoms with E-state index in [9.17, 15) is 0 Å². The monoisotopic (exact) mass is 248 g/mol. The van der Waals surface area contributed by atoms with Crippen molar-refractivity contribution in [1.82, 2.24) is 0 Å². The number of ether oxygens (including phenoxy) is 2. The average Bonchev–Trinajstić information content (AvgIpc) is 2.35. The van der Waals surface area contributed by atoms with E-state index in [4.69, 9.17) is 32.7 Å². The second-order valence-electron chi connectivity index (χ2n) is 3.15. The highest BCUT2D eigenvalue weighted by Gasteiger charge is 2.05. The topological polar surface area (TPSA) is 68.3 Å². The third-order valence-corrected chi connectivity index (χ3v) is 2.32. The van der Waals surface area contributed by atoms with E-state index in [2.05, 4.69) is 0 Å². The van der Waals surface area contributed by atoms with Gasteiger partial charge in [-0.2, -0.15) is 5.26 Å². The fourth-order valence-electron chi connectivity index (χ4n) is 1.27. The Hall–Kier alpha value is -2.06. The summed E-state index contributed by atoms with van der Waals surface area (Å²) in [4.78, 5) is 0.0716. The number of nitrogens with two attached hydrogens (primary N) is 1. The third kappa shape index (κ3) is 3.20. The quantitative estimate of drug-likeness (QED) is 0.500. The van der Waals surface area contributed by atoms with Crippen LogP contribution in [0.15, 0.2) is 23.8 Å². The van der Waals surface area contributed by atoms with Crippen LogP contribution >= 0.6 is 12.2 Å². The summed E-state index contributed by atoms with van der Waals surface area (Å²) < 4.78 is 10.3. The maximum Gasteiger partial charge on any atom is 0.161 e. The second-order valence-corrected chi connectivity index (χ2v) is 3.59. The van der Waals surface area contributed by atoms with Crippen molar-refractivity contribution in [1.29, 1.82) is 5.26 Å². The zero-order valence-electron chi connectivity index (χ0n) is 9.56. The van der Waals surface area contributed by atoms with E-state index in [1.54, 1.807) is 38.5 Å². The molecule has 0 heterocycles. The molecule has 1 aromatic rings. The van der Waals surface area contributed by atoms with Crippen LogP contribution in [-0.4, -0.2) is 19.2 Å². The van der Waals surface area contributed by atoms with E-state index in [1.165, 1.54) is 0 Å². The number of nitriles is 1. The van der Waals surface area contributed by atoms with Crippen molar-refractivity contribution in [2.24, 2.45) is 5.73 Å². The second kappa shape index (κ2) is 5.87. The molecular weight excluding hydrogens is 236 g/mol. The molecule has 0 radical (unpaired) electrons. The highest BCUT2D eigenvalue weighted by Crippen LogP contribution is 2.28. The van der Waals surface area contributed by atoms with Crippen molar-refractivity contribution >= 4 is 23.3 Å². The van der Waals surface area contributed by atoms with Gasteiger partial charge in [-0.15, -0.1) is 0 Å². The maximum atomic E-state index is 8.84. The summed E-state index contributed by atoms with van der Waals surface area (Å²) in [6.07, 6.45) is 1.60. The molecule has 1 rings (SSSR count). The number of hydrogen-bond acceptors (Lipinski definition) is 4. The van der Waals surface area contributed by atoms with Crippen LogP contribution in [0, 0.1) is 11.3 Å². The van der Waals surface area contributed by atoms with Gasteiger partial charge in [-0.1, -0.05) is 18.3 Å². The van der Waals surface area contributed by atoms with Gasteiger partial charge in [0.1, 0.15) is 11.1 Å². The Bertz CT molecular complexity index is 504. The van der Waals surface area contributed by atoms with Crippen molar-refractivity contribution in [2.45, 2.75) is 0 Å². The van der Waals surface area contributed by atoms with Gasteiger partial charge in [0.05, 0.1) is 19.8 Å². The van der Waals surface area contributed by atoms with Crippen molar-refractivity contribution in [2.75, 3.05) is 14.2 Å². The lowest BCUT2D eigenvalue weighted by Gasteiger charge is -2.07. The molecule has 0 saturated carbocycles. The van der Waals surface area contributed by atoms with Crippen molar-refractivity contribution in [3.63, 3.8) is 0 Å². The van der Waals surface area contributed by atoms with Gasteiger partial charge in [-0.25, -0.2) is 0 Å². The van der Waals surface area contributed by atoms with E-state index >= 15 is 0 Å². The molecule has 0 fully saturated rings. The molecule has 4 nitrogen and oxygen atoms in total. The lowest BCUT2D eigenvalue weighted by molar-refractivity contribution is 0.355. The largest absolute Gasteiger partial charge is 0.493 e. The van der Waals surface area contributed by atoms with Crippen LogP contribution in [0.2, 0.25) is 0 Å². The molecule has 17 heavy (non-hydrogen) atoms. The normalized spacial score (nSPS) is 10.5. The summed E-state index contributed by atoms with van der Waals surface area (Å²) in [5.74, 6) is 1.21. The summed E-state index contributed by atoms with van der Waals surface area (Å²) in [5.41, 5.74) is 6.43. The first-order valence-electron chi connectivity index (χ1n) is 4.76. The van der Waals surface area contributed by atoms with Crippen LogP contribution in [0.5, 0.6) is 11.5 Å². The first kappa shape index (κ1) is 13.0. The van der Waals surface area contributed by atoms with Gasteiger partial charge in [0, 0.05) is 0 Å². The minimum atomic E-state index is 0.0716. The Morgan fingerprint density at radius 1 is 1.35 bits per heavy atom. The minimum Gasteiger partial charge on any atom is -0.493 e. The molecule has 0 atom stereocenters. The average molecular weight is 248 g/mol. The molecule has 5 heteroatoms. The van der Waals surface area contributed by atoms with Crippen LogP contribution in [0.3, 0.4) is 0 Å². The number of methoxy groups -OCH3 is 2. The summed E-state index contributed by atoms with van der Waals surface area (Å²) in [6.45, 7) is 0. The molecule has 0 saturated heterocycles. The molecule has 0 bridgehead atoms. The highest BCUT2D eigenvalue weighted by molar-refractivity contribution is 7.80. The number of thiocarbonyl (C=S) groups is 1. The summed E-state index contributed by atoms with van der Waals surface area (Å²) in [5, 5.41) is 8.84. The third-order valence-electron chi connectivity index (χ3n) is 2.10. The molecule has 1 aromatic carbocycles. The van der Waals surface area contributed by atoms with Gasteiger partial charge in [0.15, 0.2) is 11.5 Å². The van der Waals surface area contributed by atoms with Crippen LogP contribution in [0.4, 0.5) is 0 Å². The zero-order valence-corrected chi connectivity index (χ0v) is 10.4. The van der Waals surface area contributed by atoms with E-state index < -0.39 is 0 Å². The number of nitrogens with zero attached hydrogens (tertiary/aromatic N) is 1. The predicted octanol–water partition coefficient (Wildman–Crippen LogP) is 1.90. The summed E-state index contributed by atoms with van der Waals surface area (Å²) in [7, 11) is 3.10. The van der Waals surface area contributed by atoms with E-state index in [0.29, 0.717) is 11.5 Å². The van der Waals surface area contributed by atoms with Gasteiger partial charge in [0.2, 0.25) is 0 Å². The van der Waals surface area contributed by atoms with E-state index in [-0.39, 0.29) is 10.6 Å². The van der Waals surface area contributed by atoms with Crippen molar-refractivity contribution < 1.29 is 9.47 Å². The molecule has 0 aromatic heterocycles. The molecule has 2 N–H and O–H groups in total. The fourth-order valence-corrected chi connectivity index (χ4v) is 1.37. The van der Waals surface area contributed by atoms with Gasteiger partial charge < -0.3 is 15.2 Å². The Morgan fingerprint density at radius 3 is 2.47 bits per heavy atom. The fraction of sp³-hybridized carbons (Fsp3) is 0.167. The predicted molar refractivity (Wildman–Crippen MR) is 69.9 cm³/mol. The number of rotatable bonds is 4. The van der Waals surface area contributed by atoms with Crippen molar-refractivity contribution in [3.05, 3.63) is 29.3 Å². The van der Waals surface area contributed by atoms with Crippen LogP contribution in [-0.2, 0) is 0 Å². The molecule has 0 spiro atoms. The SMILES string of the molecule is COc1ccc(/C=C(/C#N)C(N)=S)cc1OC. The van der Waals surface area contributed by atoms with E-state index in [1.807, 2.05) is 6.07 Å². The summed E-state index contributed by atoms with van der Waals surface area (Å²) in [6, 6.07) is 7.22. The Labute approximate surface area is 105 Å². The molecule has 0 aliphatic rings. The lowest BCUT2D eigenvalue weighted by atomic mass is 10.1. The summed E-state index contributed by atoms with van der Waals surface area (Å²) >= 11 is 4.76. The highest BCUT2D eigenvalue weighted by atomic mass is 32.1. The van der Waals surface area contributed by atoms with Gasteiger partial charge in [0.25, 0.3) is 0 Å². The van der Waals surface area contributed by atoms with Crippen LogP contribution in [0.25, 0.3) is 6.08 Å². The smallest absolute Gasteiger partial charge is 0.161 e. The number of hydrogen-bond donors (Lipinski definition) is 1. The van der Waals surface area contributed by atoms with Gasteiger partial charge in [-0.05, 0) is 23.8 Å². The minimum absolute atomic E-state index is 0.0716. The Morgan fingerprint density at radius 2 is 2.00 bits per heavy atom. The zero-order chi connectivity index (χ0) is 12.8. The molecular formula is C12H12N2O2S. The molecule has 0 aliphatic carbocycles. The van der Waals surface area contributed by atoms with Gasteiger partial charge in [-0.3, -0.25) is 0 Å². The molecule has 88 valence electrons. The Kier molecular flexibility index (Phi) is 4.49. The maximum absolute atomic E-state index is 8.84. The van der Waals surface area contributed by atoms with Gasteiger partial charge >= 0.3 is 0 Å². The standard InChI is InChI=1S/C12H12N2O2S/c1-15-10-4-3-8(6-11(10)16-2)5-9(7-13)12(14)17/h3-6H,1-2H3,(H2,14,17)/b9-5-. The Balaban J connectivity index is 3.17. The molecule has 0 aliphatic heterocycles. The first-order chi connectivity index (χ1) is 8.12. The lowest BCUT2D eigenvalue weighted by Crippen LogP contribution is -2.09. The van der Waals surface area contributed by atoms with Crippen LogP contribution < -0.4 is 15.2 Å². The first-order valence-corrected chi connectivity index (χ1v) is 5.16. The molecule has 0 unspecified atom stereocenters. The van der Waals surface area contributed by atoms with E-state index in [0.717, 1.165) is 5.56 Å². The van der Waals surface area contributed by atoms with Crippen molar-refractivity contribution in [3.8, 4) is 17.6 Å².